The normalized spacial score (nSPS) is 11.9. The predicted molar refractivity (Wildman–Crippen MR) is 56.7 cm³/mol. The number of halogens is 2. The molecule has 98 valence electrons. The predicted octanol–water partition coefficient (Wildman–Crippen LogP) is 0.131. The molecule has 1 amide bonds. The Bertz CT molecular complexity index is 495. The van der Waals surface area contributed by atoms with Crippen LogP contribution in [0, 0.1) is 21.7 Å². The van der Waals surface area contributed by atoms with Crippen molar-refractivity contribution in [1.29, 1.82) is 0 Å². The van der Waals surface area contributed by atoms with Gasteiger partial charge in [0.05, 0.1) is 11.5 Å². The van der Waals surface area contributed by atoms with Gasteiger partial charge in [0.1, 0.15) is 17.6 Å². The van der Waals surface area contributed by atoms with E-state index in [9.17, 15) is 23.7 Å². The minimum Gasteiger partial charge on any atom is -0.381 e. The Morgan fingerprint density at radius 2 is 2.17 bits per heavy atom. The fourth-order valence-electron chi connectivity index (χ4n) is 1.19. The van der Waals surface area contributed by atoms with Crippen LogP contribution in [0.25, 0.3) is 0 Å². The number of nitrogens with two attached hydrogens (primary N) is 1. The molecule has 4 N–H and O–H groups in total. The molecule has 9 heteroatoms. The van der Waals surface area contributed by atoms with E-state index in [1.165, 1.54) is 0 Å². The zero-order chi connectivity index (χ0) is 13.9. The van der Waals surface area contributed by atoms with Gasteiger partial charge in [-0.2, -0.15) is 4.39 Å². The van der Waals surface area contributed by atoms with Gasteiger partial charge < -0.3 is 16.2 Å². The van der Waals surface area contributed by atoms with Crippen LogP contribution < -0.4 is 11.1 Å². The molecule has 0 saturated heterocycles. The van der Waals surface area contributed by atoms with Crippen molar-refractivity contribution in [3.8, 4) is 0 Å². The third kappa shape index (κ3) is 3.10. The second-order valence-electron chi connectivity index (χ2n) is 3.34. The second kappa shape index (κ2) is 5.36. The molecular weight excluding hydrogens is 252 g/mol. The van der Waals surface area contributed by atoms with Gasteiger partial charge in [-0.05, 0) is 0 Å². The number of hydrogen-bond donors (Lipinski definition) is 3. The van der Waals surface area contributed by atoms with E-state index in [0.717, 1.165) is 0 Å². The molecule has 1 rings (SSSR count). The van der Waals surface area contributed by atoms with Crippen molar-refractivity contribution >= 4 is 17.3 Å². The molecule has 1 aromatic carbocycles. The number of carbonyl (C=O) groups excluding carboxylic acids is 1. The van der Waals surface area contributed by atoms with Crippen LogP contribution in [0.3, 0.4) is 0 Å². The minimum atomic E-state index is -1.63. The molecule has 7 nitrogen and oxygen atoms in total. The smallest absolute Gasteiger partial charge is 0.327 e. The highest BCUT2D eigenvalue weighted by Crippen LogP contribution is 2.28. The van der Waals surface area contributed by atoms with E-state index in [4.69, 9.17) is 10.8 Å². The summed E-state index contributed by atoms with van der Waals surface area (Å²) in [5.41, 5.74) is 3.28. The molecule has 1 unspecified atom stereocenters. The molecule has 0 fully saturated rings. The molecule has 0 aliphatic heterocycles. The molecule has 0 spiro atoms. The van der Waals surface area contributed by atoms with Crippen LogP contribution >= 0.6 is 0 Å². The maximum atomic E-state index is 13.2. The third-order valence-corrected chi connectivity index (χ3v) is 2.03. The molecule has 0 bridgehead atoms. The van der Waals surface area contributed by atoms with Crippen LogP contribution in [-0.4, -0.2) is 28.6 Å². The van der Waals surface area contributed by atoms with Gasteiger partial charge in [0.25, 0.3) is 0 Å². The molecule has 1 atom stereocenters. The average molecular weight is 261 g/mol. The lowest BCUT2D eigenvalue weighted by molar-refractivity contribution is -0.386. The van der Waals surface area contributed by atoms with Crippen molar-refractivity contribution in [1.82, 2.24) is 0 Å². The lowest BCUT2D eigenvalue weighted by Gasteiger charge is -2.10. The number of aliphatic hydroxyl groups is 1. The SMILES string of the molecule is NC(=O)C(O)CNc1cc(F)cc(F)c1[N+](=O)[O-]. The van der Waals surface area contributed by atoms with Crippen LogP contribution in [0.4, 0.5) is 20.2 Å². The molecule has 0 radical (unpaired) electrons. The van der Waals surface area contributed by atoms with E-state index in [0.29, 0.717) is 12.1 Å². The van der Waals surface area contributed by atoms with Gasteiger partial charge in [-0.1, -0.05) is 0 Å². The van der Waals surface area contributed by atoms with Crippen LogP contribution in [-0.2, 0) is 4.79 Å². The standard InChI is InChI=1S/C9H9F2N3O4/c10-4-1-5(11)8(14(17)18)6(2-4)13-3-7(15)9(12)16/h1-2,7,13,15H,3H2,(H2,12,16). The fourth-order valence-corrected chi connectivity index (χ4v) is 1.19. The fraction of sp³-hybridized carbons (Fsp3) is 0.222. The number of nitro benzene ring substituents is 1. The van der Waals surface area contributed by atoms with Crippen molar-refractivity contribution in [3.63, 3.8) is 0 Å². The number of carbonyl (C=O) groups is 1. The number of amides is 1. The molecule has 18 heavy (non-hydrogen) atoms. The van der Waals surface area contributed by atoms with Crippen molar-refractivity contribution < 1.29 is 23.6 Å². The monoisotopic (exact) mass is 261 g/mol. The Morgan fingerprint density at radius 3 is 2.67 bits per heavy atom. The summed E-state index contributed by atoms with van der Waals surface area (Å²) >= 11 is 0. The maximum Gasteiger partial charge on any atom is 0.327 e. The summed E-state index contributed by atoms with van der Waals surface area (Å²) in [4.78, 5) is 20.1. The first-order chi connectivity index (χ1) is 8.32. The number of nitrogens with one attached hydrogen (secondary N) is 1. The first kappa shape index (κ1) is 13.8. The highest BCUT2D eigenvalue weighted by atomic mass is 19.1. The van der Waals surface area contributed by atoms with Gasteiger partial charge in [0.15, 0.2) is 0 Å². The summed E-state index contributed by atoms with van der Waals surface area (Å²) in [7, 11) is 0. The van der Waals surface area contributed by atoms with E-state index in [1.54, 1.807) is 0 Å². The van der Waals surface area contributed by atoms with Gasteiger partial charge >= 0.3 is 5.69 Å². The largest absolute Gasteiger partial charge is 0.381 e. The Morgan fingerprint density at radius 1 is 1.56 bits per heavy atom. The van der Waals surface area contributed by atoms with Gasteiger partial charge in [0, 0.05) is 12.1 Å². The zero-order valence-corrected chi connectivity index (χ0v) is 8.89. The van der Waals surface area contributed by atoms with Crippen LogP contribution in [0.15, 0.2) is 12.1 Å². The second-order valence-corrected chi connectivity index (χ2v) is 3.34. The van der Waals surface area contributed by atoms with Crippen molar-refractivity contribution in [2.75, 3.05) is 11.9 Å². The van der Waals surface area contributed by atoms with E-state index in [1.807, 2.05) is 0 Å². The van der Waals surface area contributed by atoms with E-state index < -0.39 is 46.5 Å². The maximum absolute atomic E-state index is 13.2. The van der Waals surface area contributed by atoms with Gasteiger partial charge in [-0.15, -0.1) is 0 Å². The summed E-state index contributed by atoms with van der Waals surface area (Å²) in [6.07, 6.45) is -1.63. The number of nitrogens with zero attached hydrogens (tertiary/aromatic N) is 1. The first-order valence-corrected chi connectivity index (χ1v) is 4.67. The number of rotatable bonds is 5. The summed E-state index contributed by atoms with van der Waals surface area (Å²) in [6, 6.07) is 1.03. The van der Waals surface area contributed by atoms with Crippen molar-refractivity contribution in [3.05, 3.63) is 33.9 Å². The quantitative estimate of drug-likeness (QED) is 0.514. The Balaban J connectivity index is 3.00. The van der Waals surface area contributed by atoms with Gasteiger partial charge in [-0.25, -0.2) is 4.39 Å². The molecule has 0 aliphatic carbocycles. The van der Waals surface area contributed by atoms with E-state index in [2.05, 4.69) is 5.32 Å². The Hall–Kier alpha value is -2.29. The van der Waals surface area contributed by atoms with E-state index in [-0.39, 0.29) is 0 Å². The molecule has 0 aliphatic rings. The Kier molecular flexibility index (Phi) is 4.10. The third-order valence-electron chi connectivity index (χ3n) is 2.03. The van der Waals surface area contributed by atoms with Crippen molar-refractivity contribution in [2.24, 2.45) is 5.73 Å². The molecule has 0 heterocycles. The highest BCUT2D eigenvalue weighted by Gasteiger charge is 2.23. The van der Waals surface area contributed by atoms with Crippen LogP contribution in [0.2, 0.25) is 0 Å². The number of benzene rings is 1. The number of nitro groups is 1. The number of primary amides is 1. The lowest BCUT2D eigenvalue weighted by atomic mass is 10.2. The van der Waals surface area contributed by atoms with Crippen LogP contribution in [0.5, 0.6) is 0 Å². The number of anilines is 1. The Labute approximate surface area is 99.4 Å². The first-order valence-electron chi connectivity index (χ1n) is 4.67. The zero-order valence-electron chi connectivity index (χ0n) is 8.89. The van der Waals surface area contributed by atoms with Crippen molar-refractivity contribution in [2.45, 2.75) is 6.10 Å². The van der Waals surface area contributed by atoms with Gasteiger partial charge in [0.2, 0.25) is 11.7 Å². The summed E-state index contributed by atoms with van der Waals surface area (Å²) in [5, 5.41) is 21.8. The molecule has 0 aromatic heterocycles. The van der Waals surface area contributed by atoms with Crippen LogP contribution in [0.1, 0.15) is 0 Å². The topological polar surface area (TPSA) is 118 Å². The molecular formula is C9H9F2N3O4. The summed E-state index contributed by atoms with van der Waals surface area (Å²) < 4.78 is 26.1. The molecule has 1 aromatic rings. The van der Waals surface area contributed by atoms with Gasteiger partial charge in [-0.3, -0.25) is 14.9 Å². The number of aliphatic hydroxyl groups excluding tert-OH is 1. The average Bonchev–Trinajstić information content (AvgIpc) is 2.23. The molecule has 0 saturated carbocycles. The van der Waals surface area contributed by atoms with E-state index >= 15 is 0 Å². The summed E-state index contributed by atoms with van der Waals surface area (Å²) in [5.74, 6) is -3.47. The summed E-state index contributed by atoms with van der Waals surface area (Å²) in [6.45, 7) is -0.501. The minimum absolute atomic E-state index is 0.355. The highest BCUT2D eigenvalue weighted by molar-refractivity contribution is 5.79. The lowest BCUT2D eigenvalue weighted by Crippen LogP contribution is -2.34. The number of hydrogen-bond acceptors (Lipinski definition) is 5.